The third-order valence-electron chi connectivity index (χ3n) is 7.40. The number of hydrogen-bond acceptors (Lipinski definition) is 2. The van der Waals surface area contributed by atoms with Gasteiger partial charge in [-0.3, -0.25) is 4.57 Å². The van der Waals surface area contributed by atoms with Crippen molar-refractivity contribution in [1.29, 1.82) is 0 Å². The molecule has 8 rings (SSSR count). The van der Waals surface area contributed by atoms with E-state index < -0.39 is 0 Å². The van der Waals surface area contributed by atoms with Crippen molar-refractivity contribution < 1.29 is 4.42 Å². The maximum atomic E-state index is 6.35. The number of furan rings is 1. The summed E-state index contributed by atoms with van der Waals surface area (Å²) in [5, 5.41) is 4.67. The smallest absolute Gasteiger partial charge is 0.145 e. The van der Waals surface area contributed by atoms with Gasteiger partial charge < -0.3 is 4.42 Å². The molecule has 0 saturated heterocycles. The van der Waals surface area contributed by atoms with Gasteiger partial charge in [-0.2, -0.15) is 0 Å². The number of fused-ring (bicyclic) bond motifs is 5. The Labute approximate surface area is 219 Å². The van der Waals surface area contributed by atoms with Crippen LogP contribution in [-0.4, -0.2) is 9.55 Å². The fourth-order valence-corrected chi connectivity index (χ4v) is 5.67. The van der Waals surface area contributed by atoms with E-state index in [1.54, 1.807) is 0 Å². The fourth-order valence-electron chi connectivity index (χ4n) is 5.67. The molecule has 0 unspecified atom stereocenters. The van der Waals surface area contributed by atoms with Gasteiger partial charge in [-0.25, -0.2) is 4.98 Å². The Bertz CT molecular complexity index is 2140. The molecule has 0 fully saturated rings. The first kappa shape index (κ1) is 21.0. The van der Waals surface area contributed by atoms with Gasteiger partial charge in [0.05, 0.1) is 16.7 Å². The molecule has 38 heavy (non-hydrogen) atoms. The molecule has 0 saturated carbocycles. The first-order chi connectivity index (χ1) is 18.8. The van der Waals surface area contributed by atoms with E-state index >= 15 is 0 Å². The number of benzene rings is 6. The highest BCUT2D eigenvalue weighted by atomic mass is 16.3. The van der Waals surface area contributed by atoms with Crippen LogP contribution in [0.15, 0.2) is 138 Å². The summed E-state index contributed by atoms with van der Waals surface area (Å²) in [6.45, 7) is 0. The number of nitrogens with zero attached hydrogens (tertiary/aromatic N) is 2. The van der Waals surface area contributed by atoms with Crippen molar-refractivity contribution in [3.63, 3.8) is 0 Å². The summed E-state index contributed by atoms with van der Waals surface area (Å²) in [5.41, 5.74) is 8.23. The second-order valence-corrected chi connectivity index (χ2v) is 9.62. The largest absolute Gasteiger partial charge is 0.455 e. The van der Waals surface area contributed by atoms with E-state index in [1.165, 1.54) is 10.8 Å². The zero-order chi connectivity index (χ0) is 25.1. The lowest BCUT2D eigenvalue weighted by Gasteiger charge is -2.13. The molecule has 178 valence electrons. The minimum atomic E-state index is 0.906. The summed E-state index contributed by atoms with van der Waals surface area (Å²) < 4.78 is 8.64. The Hall–Kier alpha value is -5.15. The molecule has 2 heterocycles. The number of aromatic nitrogens is 2. The standard InChI is InChI=1S/C35H22N2O/c1-2-14-26-23(10-1)11-8-20-31(26)37-32-19-5-4-18-30(32)36-35(37)25-13-7-12-24(22-25)27-16-9-17-29-28-15-3-6-21-33(28)38-34(27)29/h1-22H. The predicted octanol–water partition coefficient (Wildman–Crippen LogP) is 9.41. The van der Waals surface area contributed by atoms with E-state index in [1.807, 2.05) is 18.2 Å². The van der Waals surface area contributed by atoms with Crippen molar-refractivity contribution in [3.05, 3.63) is 133 Å². The number of hydrogen-bond donors (Lipinski definition) is 0. The van der Waals surface area contributed by atoms with Gasteiger partial charge in [-0.15, -0.1) is 0 Å². The van der Waals surface area contributed by atoms with Crippen molar-refractivity contribution in [3.8, 4) is 28.2 Å². The minimum Gasteiger partial charge on any atom is -0.455 e. The Morgan fingerprint density at radius 3 is 2.24 bits per heavy atom. The van der Waals surface area contributed by atoms with Crippen molar-refractivity contribution in [2.45, 2.75) is 0 Å². The lowest BCUT2D eigenvalue weighted by atomic mass is 10.00. The first-order valence-electron chi connectivity index (χ1n) is 12.8. The van der Waals surface area contributed by atoms with E-state index in [0.717, 1.165) is 61.2 Å². The second-order valence-electron chi connectivity index (χ2n) is 9.62. The monoisotopic (exact) mass is 486 g/mol. The predicted molar refractivity (Wildman–Crippen MR) is 157 cm³/mol. The van der Waals surface area contributed by atoms with Crippen LogP contribution in [0.4, 0.5) is 0 Å². The van der Waals surface area contributed by atoms with Crippen LogP contribution in [0.25, 0.3) is 71.9 Å². The summed E-state index contributed by atoms with van der Waals surface area (Å²) in [6, 6.07) is 46.6. The third kappa shape index (κ3) is 3.12. The Balaban J connectivity index is 1.38. The van der Waals surface area contributed by atoms with Crippen molar-refractivity contribution in [2.75, 3.05) is 0 Å². The van der Waals surface area contributed by atoms with Gasteiger partial charge >= 0.3 is 0 Å². The number of para-hydroxylation sites is 4. The average molecular weight is 487 g/mol. The molecular weight excluding hydrogens is 464 g/mol. The molecule has 0 radical (unpaired) electrons. The molecule has 8 aromatic rings. The van der Waals surface area contributed by atoms with Gasteiger partial charge in [-0.1, -0.05) is 103 Å². The highest BCUT2D eigenvalue weighted by molar-refractivity contribution is 6.09. The van der Waals surface area contributed by atoms with Crippen LogP contribution < -0.4 is 0 Å². The maximum absolute atomic E-state index is 6.35. The summed E-state index contributed by atoms with van der Waals surface area (Å²) in [5.74, 6) is 0.918. The van der Waals surface area contributed by atoms with E-state index in [0.29, 0.717) is 0 Å². The third-order valence-corrected chi connectivity index (χ3v) is 7.40. The maximum Gasteiger partial charge on any atom is 0.145 e. The van der Waals surface area contributed by atoms with E-state index in [9.17, 15) is 0 Å². The van der Waals surface area contributed by atoms with Crippen LogP contribution in [0, 0.1) is 0 Å². The Morgan fingerprint density at radius 1 is 0.553 bits per heavy atom. The minimum absolute atomic E-state index is 0.906. The van der Waals surface area contributed by atoms with Gasteiger partial charge in [0.25, 0.3) is 0 Å². The summed E-state index contributed by atoms with van der Waals surface area (Å²) in [7, 11) is 0. The van der Waals surface area contributed by atoms with Crippen LogP contribution in [0.5, 0.6) is 0 Å². The summed E-state index contributed by atoms with van der Waals surface area (Å²) in [6.07, 6.45) is 0. The summed E-state index contributed by atoms with van der Waals surface area (Å²) in [4.78, 5) is 5.14. The molecule has 0 aliphatic heterocycles. The average Bonchev–Trinajstić information content (AvgIpc) is 3.56. The lowest BCUT2D eigenvalue weighted by molar-refractivity contribution is 0.670. The molecule has 0 amide bonds. The van der Waals surface area contributed by atoms with Crippen molar-refractivity contribution in [2.24, 2.45) is 0 Å². The van der Waals surface area contributed by atoms with Crippen molar-refractivity contribution >= 4 is 43.7 Å². The van der Waals surface area contributed by atoms with E-state index in [2.05, 4.69) is 120 Å². The van der Waals surface area contributed by atoms with E-state index in [-0.39, 0.29) is 0 Å². The SMILES string of the molecule is c1cc(-c2cccc3c2oc2ccccc23)cc(-c2nc3ccccc3n2-c2cccc3ccccc23)c1. The molecule has 0 bridgehead atoms. The molecule has 0 atom stereocenters. The van der Waals surface area contributed by atoms with Gasteiger partial charge in [-0.05, 0) is 41.3 Å². The van der Waals surface area contributed by atoms with Gasteiger partial charge in [0.1, 0.15) is 17.0 Å². The van der Waals surface area contributed by atoms with Crippen LogP contribution in [0.1, 0.15) is 0 Å². The molecule has 0 aliphatic rings. The van der Waals surface area contributed by atoms with Crippen LogP contribution in [0.2, 0.25) is 0 Å². The lowest BCUT2D eigenvalue weighted by Crippen LogP contribution is -1.99. The zero-order valence-corrected chi connectivity index (χ0v) is 20.5. The highest BCUT2D eigenvalue weighted by Crippen LogP contribution is 2.38. The van der Waals surface area contributed by atoms with Gasteiger partial charge in [0.2, 0.25) is 0 Å². The first-order valence-corrected chi connectivity index (χ1v) is 12.8. The highest BCUT2D eigenvalue weighted by Gasteiger charge is 2.18. The van der Waals surface area contributed by atoms with Gasteiger partial charge in [0.15, 0.2) is 0 Å². The van der Waals surface area contributed by atoms with E-state index in [4.69, 9.17) is 9.40 Å². The zero-order valence-electron chi connectivity index (χ0n) is 20.5. The Kier molecular flexibility index (Phi) is 4.52. The molecule has 3 heteroatoms. The Morgan fingerprint density at radius 2 is 1.26 bits per heavy atom. The second kappa shape index (κ2) is 8.19. The van der Waals surface area contributed by atoms with Crippen molar-refractivity contribution in [1.82, 2.24) is 9.55 Å². The van der Waals surface area contributed by atoms with Crippen LogP contribution >= 0.6 is 0 Å². The molecule has 0 N–H and O–H groups in total. The summed E-state index contributed by atoms with van der Waals surface area (Å²) >= 11 is 0. The van der Waals surface area contributed by atoms with Crippen LogP contribution in [-0.2, 0) is 0 Å². The normalized spacial score (nSPS) is 11.7. The molecule has 3 nitrogen and oxygen atoms in total. The van der Waals surface area contributed by atoms with Gasteiger partial charge in [0, 0.05) is 27.3 Å². The fraction of sp³-hybridized carbons (Fsp3) is 0. The number of imidazole rings is 1. The molecule has 2 aromatic heterocycles. The van der Waals surface area contributed by atoms with Crippen LogP contribution in [0.3, 0.4) is 0 Å². The molecule has 0 aliphatic carbocycles. The molecule has 0 spiro atoms. The quantitative estimate of drug-likeness (QED) is 0.249. The molecule has 6 aromatic carbocycles. The molecular formula is C35H22N2O. The topological polar surface area (TPSA) is 31.0 Å². The number of rotatable bonds is 3.